The second kappa shape index (κ2) is 3.94. The molecule has 1 atom stereocenters. The monoisotopic (exact) mass is 177 g/mol. The van der Waals surface area contributed by atoms with Gasteiger partial charge in [-0.25, -0.2) is 5.06 Å². The van der Waals surface area contributed by atoms with Gasteiger partial charge >= 0.3 is 0 Å². The van der Waals surface area contributed by atoms with E-state index in [2.05, 4.69) is 0 Å². The normalized spacial score (nSPS) is 25.8. The Balaban J connectivity index is 2.52. The molecule has 1 rings (SSSR count). The molecule has 1 aliphatic heterocycles. The Kier molecular flexibility index (Phi) is 3.16. The molecule has 0 saturated carbocycles. The zero-order chi connectivity index (χ0) is 8.27. The lowest BCUT2D eigenvalue weighted by molar-refractivity contribution is -0.179. The first-order valence-electron chi connectivity index (χ1n) is 3.45. The third-order valence-corrected chi connectivity index (χ3v) is 2.39. The highest BCUT2D eigenvalue weighted by molar-refractivity contribution is 7.95. The van der Waals surface area contributed by atoms with E-state index in [1.54, 1.807) is 0 Å². The minimum Gasteiger partial charge on any atom is -0.329 e. The molecule has 1 heterocycles. The van der Waals surface area contributed by atoms with Gasteiger partial charge in [0.25, 0.3) is 5.91 Å². The summed E-state index contributed by atoms with van der Waals surface area (Å²) < 4.78 is 8.69. The number of carbonyl (C=O) groups excluding carboxylic acids is 1. The summed E-state index contributed by atoms with van der Waals surface area (Å²) in [5, 5.41) is 0.959. The average molecular weight is 177 g/mol. The van der Waals surface area contributed by atoms with Gasteiger partial charge in [0.1, 0.15) is 5.25 Å². The summed E-state index contributed by atoms with van der Waals surface area (Å²) in [5.74, 6) is -0.133. The van der Waals surface area contributed by atoms with Crippen LogP contribution in [-0.4, -0.2) is 34.4 Å². The standard InChI is InChI=1S/C6H11NO3S/c1-10-7-4-2-3-5(11-9)6(7)8/h5,9H,2-4H2,1H3. The molecule has 1 fully saturated rings. The van der Waals surface area contributed by atoms with Gasteiger partial charge in [-0.3, -0.25) is 9.63 Å². The molecule has 11 heavy (non-hydrogen) atoms. The summed E-state index contributed by atoms with van der Waals surface area (Å²) >= 11 is 0.602. The van der Waals surface area contributed by atoms with E-state index >= 15 is 0 Å². The molecule has 0 aliphatic carbocycles. The van der Waals surface area contributed by atoms with Crippen LogP contribution >= 0.6 is 12.0 Å². The Morgan fingerprint density at radius 3 is 3.09 bits per heavy atom. The van der Waals surface area contributed by atoms with Crippen molar-refractivity contribution in [3.05, 3.63) is 0 Å². The van der Waals surface area contributed by atoms with Crippen molar-refractivity contribution in [1.82, 2.24) is 5.06 Å². The lowest BCUT2D eigenvalue weighted by Crippen LogP contribution is -2.41. The van der Waals surface area contributed by atoms with E-state index in [9.17, 15) is 4.79 Å². The molecule has 1 aliphatic rings. The summed E-state index contributed by atoms with van der Waals surface area (Å²) in [6.45, 7) is 0.631. The van der Waals surface area contributed by atoms with Crippen LogP contribution in [0.2, 0.25) is 0 Å². The Morgan fingerprint density at radius 2 is 2.55 bits per heavy atom. The van der Waals surface area contributed by atoms with E-state index in [0.717, 1.165) is 12.8 Å². The Hall–Kier alpha value is -0.260. The second-order valence-electron chi connectivity index (χ2n) is 2.36. The zero-order valence-corrected chi connectivity index (χ0v) is 7.13. The fourth-order valence-electron chi connectivity index (χ4n) is 1.09. The Morgan fingerprint density at radius 1 is 1.82 bits per heavy atom. The summed E-state index contributed by atoms with van der Waals surface area (Å²) in [5.41, 5.74) is 0. The van der Waals surface area contributed by atoms with E-state index in [1.807, 2.05) is 0 Å². The maximum absolute atomic E-state index is 11.2. The fraction of sp³-hybridized carbons (Fsp3) is 0.833. The second-order valence-corrected chi connectivity index (χ2v) is 3.14. The summed E-state index contributed by atoms with van der Waals surface area (Å²) in [4.78, 5) is 16.0. The molecular weight excluding hydrogens is 166 g/mol. The van der Waals surface area contributed by atoms with Gasteiger partial charge in [-0.2, -0.15) is 0 Å². The van der Waals surface area contributed by atoms with Gasteiger partial charge in [0, 0.05) is 18.6 Å². The number of hydrogen-bond donors (Lipinski definition) is 1. The highest BCUT2D eigenvalue weighted by atomic mass is 32.2. The van der Waals surface area contributed by atoms with Crippen LogP contribution in [0.4, 0.5) is 0 Å². The quantitative estimate of drug-likeness (QED) is 0.632. The van der Waals surface area contributed by atoms with Crippen LogP contribution in [-0.2, 0) is 9.63 Å². The van der Waals surface area contributed by atoms with Gasteiger partial charge < -0.3 is 4.55 Å². The number of hydrogen-bond acceptors (Lipinski definition) is 4. The van der Waals surface area contributed by atoms with Crippen LogP contribution in [0.3, 0.4) is 0 Å². The predicted octanol–water partition coefficient (Wildman–Crippen LogP) is 0.745. The molecule has 0 spiro atoms. The lowest BCUT2D eigenvalue weighted by Gasteiger charge is -2.28. The number of piperidine rings is 1. The number of carbonyl (C=O) groups is 1. The van der Waals surface area contributed by atoms with Crippen molar-refractivity contribution in [3.8, 4) is 0 Å². The van der Waals surface area contributed by atoms with Crippen LogP contribution in [0.15, 0.2) is 0 Å². The van der Waals surface area contributed by atoms with Gasteiger partial charge in [-0.05, 0) is 12.8 Å². The molecule has 0 radical (unpaired) electrons. The largest absolute Gasteiger partial charge is 0.329 e. The van der Waals surface area contributed by atoms with Crippen LogP contribution < -0.4 is 0 Å². The topological polar surface area (TPSA) is 49.8 Å². The molecule has 4 nitrogen and oxygen atoms in total. The fourth-order valence-corrected chi connectivity index (χ4v) is 1.57. The molecule has 64 valence electrons. The highest BCUT2D eigenvalue weighted by Crippen LogP contribution is 2.20. The van der Waals surface area contributed by atoms with Crippen molar-refractivity contribution < 1.29 is 14.2 Å². The number of hydroxylamine groups is 2. The van der Waals surface area contributed by atoms with Crippen LogP contribution in [0.5, 0.6) is 0 Å². The van der Waals surface area contributed by atoms with Crippen molar-refractivity contribution in [2.45, 2.75) is 18.1 Å². The van der Waals surface area contributed by atoms with Crippen LogP contribution in [0, 0.1) is 0 Å². The molecule has 0 bridgehead atoms. The van der Waals surface area contributed by atoms with Crippen molar-refractivity contribution in [1.29, 1.82) is 0 Å². The summed E-state index contributed by atoms with van der Waals surface area (Å²) in [7, 11) is 1.46. The number of rotatable bonds is 2. The van der Waals surface area contributed by atoms with Gasteiger partial charge in [0.15, 0.2) is 0 Å². The minimum absolute atomic E-state index is 0.133. The average Bonchev–Trinajstić information content (AvgIpc) is 2.05. The SMILES string of the molecule is CON1CCCC(SO)C1=O. The molecular formula is C6H11NO3S. The molecule has 1 saturated heterocycles. The minimum atomic E-state index is -0.330. The summed E-state index contributed by atoms with van der Waals surface area (Å²) in [6, 6.07) is 0. The number of amides is 1. The molecule has 1 amide bonds. The molecule has 1 N–H and O–H groups in total. The van der Waals surface area contributed by atoms with Gasteiger partial charge in [0.2, 0.25) is 0 Å². The smallest absolute Gasteiger partial charge is 0.261 e. The first-order valence-corrected chi connectivity index (χ1v) is 4.29. The van der Waals surface area contributed by atoms with E-state index in [4.69, 9.17) is 9.39 Å². The maximum Gasteiger partial charge on any atom is 0.261 e. The van der Waals surface area contributed by atoms with Crippen molar-refractivity contribution in [2.24, 2.45) is 0 Å². The molecule has 0 aromatic carbocycles. The van der Waals surface area contributed by atoms with Crippen LogP contribution in [0.1, 0.15) is 12.8 Å². The summed E-state index contributed by atoms with van der Waals surface area (Å²) in [6.07, 6.45) is 1.62. The van der Waals surface area contributed by atoms with Crippen molar-refractivity contribution >= 4 is 17.9 Å². The van der Waals surface area contributed by atoms with E-state index in [1.165, 1.54) is 12.2 Å². The predicted molar refractivity (Wildman–Crippen MR) is 42.0 cm³/mol. The van der Waals surface area contributed by atoms with Gasteiger partial charge in [-0.1, -0.05) is 0 Å². The van der Waals surface area contributed by atoms with E-state index < -0.39 is 0 Å². The van der Waals surface area contributed by atoms with Crippen molar-refractivity contribution in [2.75, 3.05) is 13.7 Å². The molecule has 5 heteroatoms. The molecule has 1 unspecified atom stereocenters. The molecule has 0 aromatic rings. The van der Waals surface area contributed by atoms with E-state index in [0.29, 0.717) is 18.6 Å². The number of nitrogens with zero attached hydrogens (tertiary/aromatic N) is 1. The zero-order valence-electron chi connectivity index (χ0n) is 6.32. The molecule has 0 aromatic heterocycles. The Labute approximate surface area is 69.7 Å². The Bertz CT molecular complexity index is 139. The maximum atomic E-state index is 11.2. The van der Waals surface area contributed by atoms with Gasteiger partial charge in [0.05, 0.1) is 7.11 Å². The third kappa shape index (κ3) is 1.85. The first kappa shape index (κ1) is 8.83. The van der Waals surface area contributed by atoms with Crippen LogP contribution in [0.25, 0.3) is 0 Å². The van der Waals surface area contributed by atoms with Crippen molar-refractivity contribution in [3.63, 3.8) is 0 Å². The first-order chi connectivity index (χ1) is 5.29. The lowest BCUT2D eigenvalue weighted by atomic mass is 10.1. The van der Waals surface area contributed by atoms with Gasteiger partial charge in [-0.15, -0.1) is 0 Å². The third-order valence-electron chi connectivity index (χ3n) is 1.70. The highest BCUT2D eigenvalue weighted by Gasteiger charge is 2.29. The van der Waals surface area contributed by atoms with E-state index in [-0.39, 0.29) is 11.2 Å².